The number of nitrogens with two attached hydrogens (primary N) is 1. The number of hydrogen-bond donors (Lipinski definition) is 1. The van der Waals surface area contributed by atoms with E-state index in [-0.39, 0.29) is 18.2 Å². The molecule has 2 aromatic heterocycles. The number of benzene rings is 2. The van der Waals surface area contributed by atoms with Gasteiger partial charge in [-0.05, 0) is 60.4 Å². The number of hydrogen-bond acceptors (Lipinski definition) is 5. The van der Waals surface area contributed by atoms with Crippen molar-refractivity contribution in [2.24, 2.45) is 12.8 Å². The molecule has 38 heavy (non-hydrogen) atoms. The summed E-state index contributed by atoms with van der Waals surface area (Å²) in [5, 5.41) is 0.589. The Morgan fingerprint density at radius 1 is 1.08 bits per heavy atom. The molecule has 2 aromatic carbocycles. The molecule has 4 aromatic rings. The minimum Gasteiger partial charge on any atom is -0.336 e. The number of aromatic nitrogens is 3. The van der Waals surface area contributed by atoms with Crippen molar-refractivity contribution in [3.05, 3.63) is 112 Å². The van der Waals surface area contributed by atoms with Gasteiger partial charge in [-0.15, -0.1) is 0 Å². The van der Waals surface area contributed by atoms with E-state index in [4.69, 9.17) is 22.3 Å². The summed E-state index contributed by atoms with van der Waals surface area (Å²) in [5.41, 5.74) is 12.0. The van der Waals surface area contributed by atoms with Crippen molar-refractivity contribution in [3.8, 4) is 0 Å². The molecule has 3 heterocycles. The highest BCUT2D eigenvalue weighted by Crippen LogP contribution is 2.44. The highest BCUT2D eigenvalue weighted by molar-refractivity contribution is 7.61. The van der Waals surface area contributed by atoms with Crippen LogP contribution >= 0.6 is 18.7 Å². The van der Waals surface area contributed by atoms with Crippen molar-refractivity contribution in [2.75, 3.05) is 25.3 Å². The van der Waals surface area contributed by atoms with E-state index in [9.17, 15) is 9.36 Å². The smallest absolute Gasteiger partial charge is 0.227 e. The van der Waals surface area contributed by atoms with Crippen molar-refractivity contribution in [2.45, 2.75) is 24.0 Å². The zero-order valence-electron chi connectivity index (χ0n) is 21.9. The quantitative estimate of drug-likeness (QED) is 0.329. The molecule has 2 atom stereocenters. The third kappa shape index (κ3) is 4.82. The summed E-state index contributed by atoms with van der Waals surface area (Å²) in [7, 11) is 1.40. The normalized spacial score (nSPS) is 17.3. The van der Waals surface area contributed by atoms with Crippen LogP contribution in [0.1, 0.15) is 46.1 Å². The standard InChI is InChI=1S/C29H31ClN5O2P/c1-34-18-32-16-27(34)29(31,19-7-5-8-21(30)13-19)20-11-12-26-24(14-20)23(15-28(36)35(26)2)25-10-6-9-22(33-25)17-38(3,4)37/h5-14,16,18,23H,15,17,31H2,1-4H3. The number of imidazole rings is 1. The van der Waals surface area contributed by atoms with Crippen molar-refractivity contribution in [1.29, 1.82) is 0 Å². The predicted octanol–water partition coefficient (Wildman–Crippen LogP) is 5.34. The molecule has 2 N–H and O–H groups in total. The number of aryl methyl sites for hydroxylation is 1. The highest BCUT2D eigenvalue weighted by Gasteiger charge is 2.38. The summed E-state index contributed by atoms with van der Waals surface area (Å²) in [6, 6.07) is 19.3. The van der Waals surface area contributed by atoms with Crippen LogP contribution in [-0.2, 0) is 28.1 Å². The molecule has 1 aliphatic heterocycles. The summed E-state index contributed by atoms with van der Waals surface area (Å²) >= 11 is 6.40. The van der Waals surface area contributed by atoms with Crippen LogP contribution in [0.5, 0.6) is 0 Å². The van der Waals surface area contributed by atoms with Crippen molar-refractivity contribution in [3.63, 3.8) is 0 Å². The van der Waals surface area contributed by atoms with E-state index >= 15 is 0 Å². The first kappa shape index (κ1) is 26.4. The first-order chi connectivity index (χ1) is 18.0. The number of pyridine rings is 1. The number of nitrogens with zero attached hydrogens (tertiary/aromatic N) is 4. The van der Waals surface area contributed by atoms with E-state index in [2.05, 4.69) is 11.1 Å². The molecule has 5 rings (SSSR count). The topological polar surface area (TPSA) is 94.1 Å². The van der Waals surface area contributed by atoms with Gasteiger partial charge in [-0.1, -0.05) is 41.9 Å². The van der Waals surface area contributed by atoms with Crippen LogP contribution < -0.4 is 10.6 Å². The first-order valence-corrected chi connectivity index (χ1v) is 15.6. The van der Waals surface area contributed by atoms with Crippen LogP contribution in [0, 0.1) is 0 Å². The molecule has 0 aliphatic carbocycles. The molecule has 9 heteroatoms. The van der Waals surface area contributed by atoms with Crippen molar-refractivity contribution in [1.82, 2.24) is 14.5 Å². The Hall–Kier alpha value is -3.25. The van der Waals surface area contributed by atoms with Gasteiger partial charge in [0.2, 0.25) is 5.91 Å². The number of carbonyl (C=O) groups is 1. The van der Waals surface area contributed by atoms with Gasteiger partial charge in [0.1, 0.15) is 5.54 Å². The van der Waals surface area contributed by atoms with Gasteiger partial charge in [0.15, 0.2) is 0 Å². The molecular weight excluding hydrogens is 517 g/mol. The van der Waals surface area contributed by atoms with Gasteiger partial charge in [-0.3, -0.25) is 9.78 Å². The molecule has 0 saturated carbocycles. The Morgan fingerprint density at radius 3 is 2.50 bits per heavy atom. The Balaban J connectivity index is 1.70. The van der Waals surface area contributed by atoms with Gasteiger partial charge in [-0.25, -0.2) is 4.98 Å². The number of amides is 1. The number of halogens is 1. The maximum absolute atomic E-state index is 13.0. The maximum atomic E-state index is 13.0. The first-order valence-electron chi connectivity index (χ1n) is 12.4. The van der Waals surface area contributed by atoms with Crippen LogP contribution in [-0.4, -0.2) is 40.8 Å². The predicted molar refractivity (Wildman–Crippen MR) is 152 cm³/mol. The zero-order valence-corrected chi connectivity index (χ0v) is 23.6. The Kier molecular flexibility index (Phi) is 6.80. The molecule has 1 aliphatic rings. The second kappa shape index (κ2) is 9.81. The average Bonchev–Trinajstić information content (AvgIpc) is 3.31. The van der Waals surface area contributed by atoms with E-state index in [1.54, 1.807) is 37.8 Å². The van der Waals surface area contributed by atoms with Crippen LogP contribution in [0.15, 0.2) is 73.2 Å². The Labute approximate surface area is 228 Å². The molecule has 0 saturated heterocycles. The number of fused-ring (bicyclic) bond motifs is 1. The maximum Gasteiger partial charge on any atom is 0.227 e. The molecule has 1 amide bonds. The van der Waals surface area contributed by atoms with Crippen LogP contribution in [0.2, 0.25) is 5.02 Å². The molecule has 7 nitrogen and oxygen atoms in total. The van der Waals surface area contributed by atoms with Gasteiger partial charge < -0.3 is 19.8 Å². The highest BCUT2D eigenvalue weighted by atomic mass is 35.5. The lowest BCUT2D eigenvalue weighted by Crippen LogP contribution is -2.41. The van der Waals surface area contributed by atoms with Gasteiger partial charge in [0, 0.05) is 54.7 Å². The summed E-state index contributed by atoms with van der Waals surface area (Å²) in [6.07, 6.45) is 4.19. The Morgan fingerprint density at radius 2 is 1.82 bits per heavy atom. The fourth-order valence-corrected chi connectivity index (χ4v) is 6.45. The van der Waals surface area contributed by atoms with Gasteiger partial charge in [-0.2, -0.15) is 0 Å². The molecule has 0 radical (unpaired) electrons. The number of rotatable bonds is 6. The number of anilines is 1. The number of carbonyl (C=O) groups excluding carboxylic acids is 1. The van der Waals surface area contributed by atoms with E-state index in [1.807, 2.05) is 66.2 Å². The molecular formula is C29H31ClN5O2P. The largest absolute Gasteiger partial charge is 0.336 e. The van der Waals surface area contributed by atoms with Crippen LogP contribution in [0.3, 0.4) is 0 Å². The average molecular weight is 548 g/mol. The van der Waals surface area contributed by atoms with E-state index < -0.39 is 12.7 Å². The van der Waals surface area contributed by atoms with E-state index in [0.717, 1.165) is 39.5 Å². The third-order valence-corrected chi connectivity index (χ3v) is 8.52. The minimum absolute atomic E-state index is 0.0135. The molecule has 0 bridgehead atoms. The molecule has 0 fully saturated rings. The van der Waals surface area contributed by atoms with Gasteiger partial charge in [0.25, 0.3) is 0 Å². The minimum atomic E-state index is -2.31. The third-order valence-electron chi connectivity index (χ3n) is 7.20. The van der Waals surface area contributed by atoms with E-state index in [1.165, 1.54) is 0 Å². The lowest BCUT2D eigenvalue weighted by Gasteiger charge is -2.36. The summed E-state index contributed by atoms with van der Waals surface area (Å²) < 4.78 is 14.4. The fraction of sp³-hybridized carbons (Fsp3) is 0.276. The molecule has 0 spiro atoms. The van der Waals surface area contributed by atoms with Crippen LogP contribution in [0.25, 0.3) is 0 Å². The summed E-state index contributed by atoms with van der Waals surface area (Å²) in [5.74, 6) is -0.253. The lowest BCUT2D eigenvalue weighted by molar-refractivity contribution is -0.118. The van der Waals surface area contributed by atoms with Crippen molar-refractivity contribution >= 4 is 30.3 Å². The van der Waals surface area contributed by atoms with Gasteiger partial charge >= 0.3 is 0 Å². The molecule has 196 valence electrons. The summed E-state index contributed by atoms with van der Waals surface area (Å²) in [6.45, 7) is 3.52. The second-order valence-corrected chi connectivity index (χ2v) is 14.4. The second-order valence-electron chi connectivity index (χ2n) is 10.5. The van der Waals surface area contributed by atoms with Crippen LogP contribution in [0.4, 0.5) is 5.69 Å². The fourth-order valence-electron chi connectivity index (χ4n) is 5.31. The Bertz CT molecular complexity index is 1580. The molecule has 2 unspecified atom stereocenters. The lowest BCUT2D eigenvalue weighted by atomic mass is 9.77. The van der Waals surface area contributed by atoms with Crippen molar-refractivity contribution < 1.29 is 9.36 Å². The SMILES string of the molecule is CN1C(=O)CC(c2cccc(CP(C)(C)=O)n2)c2cc(C(N)(c3cccc(Cl)c3)c3cncn3C)ccc21. The van der Waals surface area contributed by atoms with Gasteiger partial charge in [0.05, 0.1) is 25.4 Å². The van der Waals surface area contributed by atoms with E-state index in [0.29, 0.717) is 11.2 Å². The summed E-state index contributed by atoms with van der Waals surface area (Å²) in [4.78, 5) is 23.9. The zero-order chi connectivity index (χ0) is 27.2. The monoisotopic (exact) mass is 547 g/mol.